The molecule has 0 aliphatic rings. The van der Waals surface area contributed by atoms with Gasteiger partial charge in [-0.25, -0.2) is 0 Å². The first-order valence-corrected chi connectivity index (χ1v) is 7.80. The van der Waals surface area contributed by atoms with Gasteiger partial charge in [-0.3, -0.25) is 4.79 Å². The summed E-state index contributed by atoms with van der Waals surface area (Å²) < 4.78 is 6.11. The Morgan fingerprint density at radius 2 is 1.90 bits per heavy atom. The van der Waals surface area contributed by atoms with Gasteiger partial charge in [0.1, 0.15) is 5.75 Å². The van der Waals surface area contributed by atoms with Crippen molar-refractivity contribution in [2.45, 2.75) is 13.0 Å². The molecule has 0 N–H and O–H groups in total. The molecule has 106 valence electrons. The van der Waals surface area contributed by atoms with E-state index >= 15 is 0 Å². The molecule has 5 heteroatoms. The van der Waals surface area contributed by atoms with Crippen LogP contribution < -0.4 is 4.74 Å². The van der Waals surface area contributed by atoms with Crippen molar-refractivity contribution < 1.29 is 9.53 Å². The van der Waals surface area contributed by atoms with Crippen molar-refractivity contribution in [3.8, 4) is 5.75 Å². The second-order valence-electron chi connectivity index (χ2n) is 4.47. The van der Waals surface area contributed by atoms with Crippen molar-refractivity contribution in [2.75, 3.05) is 14.2 Å². The number of thiophene rings is 1. The normalized spacial score (nSPS) is 12.0. The zero-order valence-electron chi connectivity index (χ0n) is 11.6. The summed E-state index contributed by atoms with van der Waals surface area (Å²) in [5, 5.41) is 0. The van der Waals surface area contributed by atoms with E-state index < -0.39 is 0 Å². The molecule has 3 nitrogen and oxygen atoms in total. The minimum atomic E-state index is 0.00859. The average molecular weight is 354 g/mol. The quantitative estimate of drug-likeness (QED) is 0.817. The summed E-state index contributed by atoms with van der Waals surface area (Å²) in [6, 6.07) is 11.5. The van der Waals surface area contributed by atoms with E-state index in [1.807, 2.05) is 50.4 Å². The highest BCUT2D eigenvalue weighted by Crippen LogP contribution is 2.27. The second kappa shape index (κ2) is 6.41. The summed E-state index contributed by atoms with van der Waals surface area (Å²) in [6.07, 6.45) is 0. The van der Waals surface area contributed by atoms with Crippen LogP contribution in [0.1, 0.15) is 28.2 Å². The minimum Gasteiger partial charge on any atom is -0.497 e. The molecule has 0 saturated carbocycles. The maximum atomic E-state index is 12.4. The molecule has 0 bridgehead atoms. The van der Waals surface area contributed by atoms with E-state index in [0.29, 0.717) is 0 Å². The number of hydrogen-bond acceptors (Lipinski definition) is 3. The van der Waals surface area contributed by atoms with Crippen molar-refractivity contribution in [1.29, 1.82) is 0 Å². The summed E-state index contributed by atoms with van der Waals surface area (Å²) >= 11 is 4.83. The highest BCUT2D eigenvalue weighted by Gasteiger charge is 2.20. The molecule has 1 amide bonds. The van der Waals surface area contributed by atoms with Crippen LogP contribution in [-0.4, -0.2) is 25.0 Å². The van der Waals surface area contributed by atoms with Gasteiger partial charge in [-0.1, -0.05) is 12.1 Å². The van der Waals surface area contributed by atoms with Gasteiger partial charge in [-0.05, 0) is 52.7 Å². The Labute approximate surface area is 131 Å². The van der Waals surface area contributed by atoms with Gasteiger partial charge >= 0.3 is 0 Å². The van der Waals surface area contributed by atoms with E-state index in [4.69, 9.17) is 4.74 Å². The van der Waals surface area contributed by atoms with Crippen molar-refractivity contribution in [3.05, 3.63) is 50.6 Å². The van der Waals surface area contributed by atoms with Crippen LogP contribution in [0.15, 0.2) is 40.2 Å². The van der Waals surface area contributed by atoms with Crippen LogP contribution in [0, 0.1) is 0 Å². The summed E-state index contributed by atoms with van der Waals surface area (Å²) in [5.41, 5.74) is 1.08. The topological polar surface area (TPSA) is 29.5 Å². The molecular weight excluding hydrogens is 338 g/mol. The van der Waals surface area contributed by atoms with E-state index in [1.54, 1.807) is 12.0 Å². The van der Waals surface area contributed by atoms with Gasteiger partial charge in [-0.2, -0.15) is 0 Å². The van der Waals surface area contributed by atoms with E-state index in [9.17, 15) is 4.79 Å². The Balaban J connectivity index is 2.14. The van der Waals surface area contributed by atoms with Crippen LogP contribution in [0.2, 0.25) is 0 Å². The van der Waals surface area contributed by atoms with Crippen LogP contribution in [-0.2, 0) is 0 Å². The van der Waals surface area contributed by atoms with Crippen molar-refractivity contribution in [2.24, 2.45) is 0 Å². The van der Waals surface area contributed by atoms with Gasteiger partial charge in [0.05, 0.1) is 21.8 Å². The lowest BCUT2D eigenvalue weighted by Gasteiger charge is -2.25. The van der Waals surface area contributed by atoms with Crippen LogP contribution in [0.25, 0.3) is 0 Å². The largest absolute Gasteiger partial charge is 0.497 e. The summed E-state index contributed by atoms with van der Waals surface area (Å²) in [7, 11) is 3.47. The van der Waals surface area contributed by atoms with E-state index in [0.717, 1.165) is 20.0 Å². The Morgan fingerprint density at radius 3 is 2.40 bits per heavy atom. The highest BCUT2D eigenvalue weighted by atomic mass is 79.9. The SMILES string of the molecule is COc1ccc(C(C)N(C)C(=O)c2ccc(Br)s2)cc1. The summed E-state index contributed by atoms with van der Waals surface area (Å²) in [5.74, 6) is 0.848. The third kappa shape index (κ3) is 3.22. The number of benzene rings is 1. The molecular formula is C15H16BrNO2S. The monoisotopic (exact) mass is 353 g/mol. The van der Waals surface area contributed by atoms with E-state index in [2.05, 4.69) is 15.9 Å². The fourth-order valence-corrected chi connectivity index (χ4v) is 3.25. The number of methoxy groups -OCH3 is 1. The van der Waals surface area contributed by atoms with Crippen molar-refractivity contribution in [1.82, 2.24) is 4.90 Å². The molecule has 1 heterocycles. The Morgan fingerprint density at radius 1 is 1.25 bits per heavy atom. The molecule has 1 unspecified atom stereocenters. The fraction of sp³-hybridized carbons (Fsp3) is 0.267. The van der Waals surface area contributed by atoms with E-state index in [1.165, 1.54) is 11.3 Å². The molecule has 1 atom stereocenters. The lowest BCUT2D eigenvalue weighted by Crippen LogP contribution is -2.29. The number of hydrogen-bond donors (Lipinski definition) is 0. The molecule has 0 aliphatic heterocycles. The Hall–Kier alpha value is -1.33. The van der Waals surface area contributed by atoms with Gasteiger partial charge in [-0.15, -0.1) is 11.3 Å². The minimum absolute atomic E-state index is 0.00859. The van der Waals surface area contributed by atoms with Crippen LogP contribution in [0.5, 0.6) is 5.75 Å². The van der Waals surface area contributed by atoms with Crippen molar-refractivity contribution in [3.63, 3.8) is 0 Å². The first-order valence-electron chi connectivity index (χ1n) is 6.19. The van der Waals surface area contributed by atoms with Crippen LogP contribution in [0.4, 0.5) is 0 Å². The lowest BCUT2D eigenvalue weighted by molar-refractivity contribution is 0.0747. The van der Waals surface area contributed by atoms with Gasteiger partial charge in [0.2, 0.25) is 0 Å². The molecule has 2 rings (SSSR count). The maximum Gasteiger partial charge on any atom is 0.264 e. The molecule has 0 fully saturated rings. The molecule has 1 aromatic heterocycles. The molecule has 2 aromatic rings. The predicted octanol–water partition coefficient (Wildman–Crippen LogP) is 4.35. The number of carbonyl (C=O) groups excluding carboxylic acids is 1. The van der Waals surface area contributed by atoms with Gasteiger partial charge in [0.15, 0.2) is 0 Å². The third-order valence-electron chi connectivity index (χ3n) is 3.28. The smallest absolute Gasteiger partial charge is 0.264 e. The number of carbonyl (C=O) groups is 1. The highest BCUT2D eigenvalue weighted by molar-refractivity contribution is 9.11. The Bertz CT molecular complexity index is 594. The Kier molecular flexibility index (Phi) is 4.83. The average Bonchev–Trinajstić information content (AvgIpc) is 2.91. The standard InChI is InChI=1S/C15H16BrNO2S/c1-10(11-4-6-12(19-3)7-5-11)17(2)15(18)13-8-9-14(16)20-13/h4-10H,1-3H3. The summed E-state index contributed by atoms with van der Waals surface area (Å²) in [6.45, 7) is 2.02. The fourth-order valence-electron chi connectivity index (χ4n) is 1.88. The van der Waals surface area contributed by atoms with Crippen LogP contribution in [0.3, 0.4) is 0 Å². The zero-order valence-corrected chi connectivity index (χ0v) is 14.0. The molecule has 1 aromatic carbocycles. The van der Waals surface area contributed by atoms with E-state index in [-0.39, 0.29) is 11.9 Å². The molecule has 0 saturated heterocycles. The number of halogens is 1. The molecule has 20 heavy (non-hydrogen) atoms. The number of ether oxygens (including phenoxy) is 1. The molecule has 0 radical (unpaired) electrons. The maximum absolute atomic E-state index is 12.4. The second-order valence-corrected chi connectivity index (χ2v) is 6.93. The van der Waals surface area contributed by atoms with Crippen LogP contribution >= 0.6 is 27.3 Å². The first kappa shape index (κ1) is 15.1. The number of nitrogens with zero attached hydrogens (tertiary/aromatic N) is 1. The van der Waals surface area contributed by atoms with Gasteiger partial charge in [0, 0.05) is 7.05 Å². The molecule has 0 spiro atoms. The predicted molar refractivity (Wildman–Crippen MR) is 85.5 cm³/mol. The zero-order chi connectivity index (χ0) is 14.7. The summed E-state index contributed by atoms with van der Waals surface area (Å²) in [4.78, 5) is 14.9. The van der Waals surface area contributed by atoms with Gasteiger partial charge in [0.25, 0.3) is 5.91 Å². The third-order valence-corrected chi connectivity index (χ3v) is 4.90. The van der Waals surface area contributed by atoms with Crippen molar-refractivity contribution >= 4 is 33.2 Å². The molecule has 0 aliphatic carbocycles. The number of amides is 1. The number of rotatable bonds is 4. The first-order chi connectivity index (χ1) is 9.52. The van der Waals surface area contributed by atoms with Gasteiger partial charge < -0.3 is 9.64 Å². The lowest BCUT2D eigenvalue weighted by atomic mass is 10.1.